The highest BCUT2D eigenvalue weighted by Crippen LogP contribution is 2.38. The van der Waals surface area contributed by atoms with Gasteiger partial charge in [0.05, 0.1) is 11.2 Å². The van der Waals surface area contributed by atoms with Crippen LogP contribution in [0.25, 0.3) is 0 Å². The fourth-order valence-corrected chi connectivity index (χ4v) is 2.37. The molecule has 0 amide bonds. The Labute approximate surface area is 160 Å². The topological polar surface area (TPSA) is 89.3 Å². The minimum Gasteiger partial charge on any atom is -0.427 e. The molecule has 1 aliphatic carbocycles. The maximum Gasteiger partial charge on any atom is 0.332 e. The normalized spacial score (nSPS) is 14.9. The summed E-state index contributed by atoms with van der Waals surface area (Å²) >= 11 is 0. The van der Waals surface area contributed by atoms with Gasteiger partial charge in [-0.2, -0.15) is 0 Å². The summed E-state index contributed by atoms with van der Waals surface area (Å²) in [6.07, 6.45) is 5.62. The van der Waals surface area contributed by atoms with Crippen molar-refractivity contribution in [3.8, 4) is 0 Å². The van der Waals surface area contributed by atoms with Gasteiger partial charge in [-0.1, -0.05) is 0 Å². The zero-order valence-corrected chi connectivity index (χ0v) is 16.5. The van der Waals surface area contributed by atoms with E-state index in [1.807, 2.05) is 13.8 Å². The Hall–Kier alpha value is -2.19. The number of nitrogens with zero attached hydrogens (tertiary/aromatic N) is 3. The van der Waals surface area contributed by atoms with Gasteiger partial charge in [0.25, 0.3) is 5.56 Å². The summed E-state index contributed by atoms with van der Waals surface area (Å²) in [6.45, 7) is 7.01. The van der Waals surface area contributed by atoms with E-state index in [4.69, 9.17) is 4.65 Å². The Morgan fingerprint density at radius 2 is 2.04 bits per heavy atom. The molecular formula is C19H26BN4O3. The van der Waals surface area contributed by atoms with Gasteiger partial charge in [0, 0.05) is 25.4 Å². The molecule has 8 heteroatoms. The predicted octanol–water partition coefficient (Wildman–Crippen LogP) is 1.61. The van der Waals surface area contributed by atoms with Crippen molar-refractivity contribution in [2.24, 2.45) is 7.05 Å². The summed E-state index contributed by atoms with van der Waals surface area (Å²) in [6, 6.07) is 3.46. The van der Waals surface area contributed by atoms with E-state index in [0.29, 0.717) is 22.9 Å². The third-order valence-electron chi connectivity index (χ3n) is 5.05. The van der Waals surface area contributed by atoms with E-state index in [-0.39, 0.29) is 5.56 Å². The van der Waals surface area contributed by atoms with Crippen molar-refractivity contribution in [3.05, 3.63) is 40.7 Å². The number of aryl methyl sites for hydroxylation is 1. The lowest BCUT2D eigenvalue weighted by Gasteiger charge is -2.37. The van der Waals surface area contributed by atoms with E-state index in [1.54, 1.807) is 52.9 Å². The van der Waals surface area contributed by atoms with Crippen molar-refractivity contribution in [1.29, 1.82) is 0 Å². The number of pyridine rings is 1. The van der Waals surface area contributed by atoms with Crippen molar-refractivity contribution in [3.63, 3.8) is 0 Å². The molecule has 1 aliphatic rings. The van der Waals surface area contributed by atoms with E-state index >= 15 is 0 Å². The predicted molar refractivity (Wildman–Crippen MR) is 106 cm³/mol. The quantitative estimate of drug-likeness (QED) is 0.721. The molecule has 0 spiro atoms. The monoisotopic (exact) mass is 369 g/mol. The molecule has 0 atom stereocenters. The Kier molecular flexibility index (Phi) is 5.14. The smallest absolute Gasteiger partial charge is 0.332 e. The second-order valence-corrected chi connectivity index (χ2v) is 8.11. The third kappa shape index (κ3) is 4.57. The highest BCUT2D eigenvalue weighted by molar-refractivity contribution is 6.47. The van der Waals surface area contributed by atoms with Crippen LogP contribution < -0.4 is 16.3 Å². The lowest BCUT2D eigenvalue weighted by molar-refractivity contribution is -0.0893. The molecule has 143 valence electrons. The van der Waals surface area contributed by atoms with E-state index in [0.717, 1.165) is 18.7 Å². The molecule has 2 aromatic rings. The Morgan fingerprint density at radius 1 is 1.33 bits per heavy atom. The fraction of sp³-hybridized carbons (Fsp3) is 0.526. The first-order chi connectivity index (χ1) is 12.6. The fourth-order valence-electron chi connectivity index (χ4n) is 2.37. The van der Waals surface area contributed by atoms with E-state index in [2.05, 4.69) is 15.3 Å². The van der Waals surface area contributed by atoms with E-state index < -0.39 is 11.2 Å². The van der Waals surface area contributed by atoms with Crippen LogP contribution in [0.15, 0.2) is 29.3 Å². The molecular weight excluding hydrogens is 343 g/mol. The maximum absolute atomic E-state index is 12.5. The molecule has 1 radical (unpaired) electrons. The van der Waals surface area contributed by atoms with Crippen molar-refractivity contribution < 1.29 is 9.76 Å². The number of aromatic nitrogens is 3. The van der Waals surface area contributed by atoms with Crippen LogP contribution in [0, 0.1) is 0 Å². The van der Waals surface area contributed by atoms with Gasteiger partial charge in [-0.25, -0.2) is 9.97 Å². The van der Waals surface area contributed by atoms with Crippen molar-refractivity contribution in [2.45, 2.75) is 57.7 Å². The SMILES string of the molecule is Cn1cc([B]OC(C)(C)C(C)(C)O)cc(Nc2ccnc(C3CC3)n2)c1=O. The standard InChI is InChI=1S/C19H26BN4O3/c1-18(2,26)19(3,4)27-20-13-10-14(17(25)24(5)11-13)22-15-8-9-21-16(23-15)12-6-7-12/h8-12,26H,6-7H2,1-5H3,(H,21,22,23). The number of nitrogens with one attached hydrogen (secondary N) is 1. The van der Waals surface area contributed by atoms with E-state index in [1.165, 1.54) is 4.57 Å². The Bertz CT molecular complexity index is 885. The van der Waals surface area contributed by atoms with Gasteiger partial charge in [0.15, 0.2) is 0 Å². The number of hydrogen-bond donors (Lipinski definition) is 2. The molecule has 0 aliphatic heterocycles. The average molecular weight is 369 g/mol. The molecule has 2 N–H and O–H groups in total. The van der Waals surface area contributed by atoms with Gasteiger partial charge in [0.1, 0.15) is 17.3 Å². The number of anilines is 2. The number of hydrogen-bond acceptors (Lipinski definition) is 6. The summed E-state index contributed by atoms with van der Waals surface area (Å²) in [4.78, 5) is 21.3. The molecule has 2 heterocycles. The molecule has 0 bridgehead atoms. The highest BCUT2D eigenvalue weighted by Gasteiger charge is 2.35. The Balaban J connectivity index is 1.80. The molecule has 27 heavy (non-hydrogen) atoms. The van der Waals surface area contributed by atoms with Crippen LogP contribution in [0.2, 0.25) is 0 Å². The van der Waals surface area contributed by atoms with Crippen molar-refractivity contribution in [2.75, 3.05) is 5.32 Å². The number of rotatable bonds is 7. The van der Waals surface area contributed by atoms with Gasteiger partial charge in [-0.15, -0.1) is 0 Å². The highest BCUT2D eigenvalue weighted by atomic mass is 16.5. The lowest BCUT2D eigenvalue weighted by atomic mass is 9.83. The first kappa shape index (κ1) is 19.6. The number of aliphatic hydroxyl groups is 1. The third-order valence-corrected chi connectivity index (χ3v) is 5.05. The second-order valence-electron chi connectivity index (χ2n) is 8.11. The largest absolute Gasteiger partial charge is 0.427 e. The molecule has 0 unspecified atom stereocenters. The van der Waals surface area contributed by atoms with Crippen LogP contribution in [0.3, 0.4) is 0 Å². The van der Waals surface area contributed by atoms with Gasteiger partial charge in [-0.3, -0.25) is 4.79 Å². The minimum atomic E-state index is -1.02. The van der Waals surface area contributed by atoms with Crippen LogP contribution >= 0.6 is 0 Å². The molecule has 7 nitrogen and oxygen atoms in total. The minimum absolute atomic E-state index is 0.166. The van der Waals surface area contributed by atoms with Crippen molar-refractivity contribution >= 4 is 24.5 Å². The van der Waals surface area contributed by atoms with Crippen LogP contribution in [-0.4, -0.2) is 38.3 Å². The van der Waals surface area contributed by atoms with Crippen LogP contribution in [0.4, 0.5) is 11.5 Å². The molecule has 1 saturated carbocycles. The molecule has 3 rings (SSSR count). The molecule has 1 fully saturated rings. The van der Waals surface area contributed by atoms with E-state index in [9.17, 15) is 9.90 Å². The molecule has 0 saturated heterocycles. The summed E-state index contributed by atoms with van der Waals surface area (Å²) in [5.74, 6) is 1.85. The molecule has 0 aromatic carbocycles. The van der Waals surface area contributed by atoms with Crippen LogP contribution in [-0.2, 0) is 11.7 Å². The first-order valence-electron chi connectivity index (χ1n) is 9.11. The second kappa shape index (κ2) is 7.09. The lowest BCUT2D eigenvalue weighted by Crippen LogP contribution is -2.49. The van der Waals surface area contributed by atoms with Crippen molar-refractivity contribution in [1.82, 2.24) is 14.5 Å². The summed E-state index contributed by atoms with van der Waals surface area (Å²) in [7, 11) is 3.24. The van der Waals surface area contributed by atoms with Crippen LogP contribution in [0.5, 0.6) is 0 Å². The summed E-state index contributed by atoms with van der Waals surface area (Å²) in [5, 5.41) is 13.3. The van der Waals surface area contributed by atoms with Gasteiger partial charge < -0.3 is 19.6 Å². The summed E-state index contributed by atoms with van der Waals surface area (Å²) in [5.41, 5.74) is -0.878. The molecule has 2 aromatic heterocycles. The van der Waals surface area contributed by atoms with Gasteiger partial charge in [0.2, 0.25) is 0 Å². The summed E-state index contributed by atoms with van der Waals surface area (Å²) < 4.78 is 7.28. The average Bonchev–Trinajstić information content (AvgIpc) is 3.41. The zero-order chi connectivity index (χ0) is 19.8. The van der Waals surface area contributed by atoms with Gasteiger partial charge in [-0.05, 0) is 58.1 Å². The first-order valence-corrected chi connectivity index (χ1v) is 9.11. The van der Waals surface area contributed by atoms with Gasteiger partial charge >= 0.3 is 7.48 Å². The zero-order valence-electron chi connectivity index (χ0n) is 16.5. The van der Waals surface area contributed by atoms with Crippen LogP contribution in [0.1, 0.15) is 52.3 Å². The Morgan fingerprint density at radius 3 is 2.67 bits per heavy atom. The maximum atomic E-state index is 12.5.